The van der Waals surface area contributed by atoms with E-state index in [0.717, 1.165) is 28.2 Å². The first kappa shape index (κ1) is 27.8. The summed E-state index contributed by atoms with van der Waals surface area (Å²) in [5, 5.41) is 24.1. The standard InChI is InChI=1S/C19H32N3O9PS/c1-6-9-33-32(28,21-12(4)16(25)30-11(2)3)29-10-13-15(24)19(5,27)17(31-13)22-8-7-14(23)20-18(22)26/h7-8,11-13,15,17,24,27H,6,9-10H2,1-5H3,(H,21,28)(H,20,23,26)/t12-,13-,15-,17?,19-,32?/m1/s1. The Hall–Kier alpha value is -1.47. The summed E-state index contributed by atoms with van der Waals surface area (Å²) in [6.45, 7) is 4.01. The summed E-state index contributed by atoms with van der Waals surface area (Å²) in [6.07, 6.45) is -2.50. The molecule has 1 aliphatic heterocycles. The third-order valence-corrected chi connectivity index (χ3v) is 9.11. The molecule has 1 fully saturated rings. The van der Waals surface area contributed by atoms with Crippen molar-refractivity contribution >= 4 is 24.1 Å². The summed E-state index contributed by atoms with van der Waals surface area (Å²) in [6, 6.07) is 0.154. The maximum atomic E-state index is 13.4. The van der Waals surface area contributed by atoms with Gasteiger partial charge >= 0.3 is 18.4 Å². The molecule has 0 bridgehead atoms. The lowest BCUT2D eigenvalue weighted by Crippen LogP contribution is -2.46. The molecule has 1 saturated heterocycles. The number of H-pyrrole nitrogens is 1. The SMILES string of the molecule is CCCSP(=O)(N[C@H](C)C(=O)OC(C)C)OC[C@H]1OC(n2ccc(=O)[nH]c2=O)[C@](C)(O)[C@@H]1O. The Morgan fingerprint density at radius 2 is 2.09 bits per heavy atom. The van der Waals surface area contributed by atoms with Crippen LogP contribution in [0.1, 0.15) is 47.3 Å². The van der Waals surface area contributed by atoms with Crippen LogP contribution >= 0.6 is 18.1 Å². The lowest BCUT2D eigenvalue weighted by molar-refractivity contribution is -0.149. The number of nitrogens with one attached hydrogen (secondary N) is 2. The van der Waals surface area contributed by atoms with Crippen LogP contribution in [0.4, 0.5) is 0 Å². The van der Waals surface area contributed by atoms with Crippen molar-refractivity contribution in [2.45, 2.75) is 77.2 Å². The summed E-state index contributed by atoms with van der Waals surface area (Å²) >= 11 is 0.994. The quantitative estimate of drug-likeness (QED) is 0.245. The summed E-state index contributed by atoms with van der Waals surface area (Å²) in [5.41, 5.74) is -3.37. The van der Waals surface area contributed by atoms with E-state index in [-0.39, 0.29) is 6.10 Å². The molecule has 14 heteroatoms. The molecule has 2 unspecified atom stereocenters. The summed E-state index contributed by atoms with van der Waals surface area (Å²) in [7, 11) is 0. The average Bonchev–Trinajstić information content (AvgIpc) is 2.94. The maximum Gasteiger partial charge on any atom is 0.330 e. The number of aliphatic hydroxyl groups is 2. The lowest BCUT2D eigenvalue weighted by Gasteiger charge is -2.27. The van der Waals surface area contributed by atoms with E-state index in [1.807, 2.05) is 6.92 Å². The van der Waals surface area contributed by atoms with Gasteiger partial charge in [-0.25, -0.2) is 9.88 Å². The number of nitrogens with zero attached hydrogens (tertiary/aromatic N) is 1. The van der Waals surface area contributed by atoms with E-state index in [0.29, 0.717) is 12.2 Å². The molecule has 0 amide bonds. The predicted octanol–water partition coefficient (Wildman–Crippen LogP) is 0.744. The Labute approximate surface area is 195 Å². The highest BCUT2D eigenvalue weighted by Crippen LogP contribution is 2.57. The van der Waals surface area contributed by atoms with Crippen molar-refractivity contribution in [1.29, 1.82) is 0 Å². The van der Waals surface area contributed by atoms with Crippen LogP contribution in [0.3, 0.4) is 0 Å². The third-order valence-electron chi connectivity index (χ3n) is 4.79. The molecule has 4 N–H and O–H groups in total. The molecule has 0 radical (unpaired) electrons. The zero-order valence-electron chi connectivity index (χ0n) is 19.2. The second-order valence-electron chi connectivity index (χ2n) is 8.18. The maximum absolute atomic E-state index is 13.4. The first-order valence-corrected chi connectivity index (χ1v) is 13.8. The van der Waals surface area contributed by atoms with Crippen LogP contribution in [0.2, 0.25) is 0 Å². The van der Waals surface area contributed by atoms with Gasteiger partial charge in [0, 0.05) is 18.0 Å². The van der Waals surface area contributed by atoms with Gasteiger partial charge in [-0.2, -0.15) is 0 Å². The Bertz CT molecular complexity index is 980. The van der Waals surface area contributed by atoms with E-state index < -0.39 is 60.6 Å². The molecule has 0 aliphatic carbocycles. The number of esters is 1. The Balaban J connectivity index is 2.16. The molecule has 33 heavy (non-hydrogen) atoms. The molecule has 1 aromatic heterocycles. The number of hydrogen-bond donors (Lipinski definition) is 4. The van der Waals surface area contributed by atoms with Crippen LogP contribution in [0.25, 0.3) is 0 Å². The summed E-state index contributed by atoms with van der Waals surface area (Å²) in [5.74, 6) is -0.124. The fourth-order valence-corrected chi connectivity index (χ4v) is 7.05. The first-order valence-electron chi connectivity index (χ1n) is 10.6. The number of rotatable bonds is 11. The fraction of sp³-hybridized carbons (Fsp3) is 0.737. The van der Waals surface area contributed by atoms with Crippen LogP contribution in [0, 0.1) is 0 Å². The minimum atomic E-state index is -3.64. The van der Waals surface area contributed by atoms with Gasteiger partial charge in [-0.05, 0) is 34.1 Å². The van der Waals surface area contributed by atoms with Crippen molar-refractivity contribution in [3.63, 3.8) is 0 Å². The molecule has 2 heterocycles. The van der Waals surface area contributed by atoms with Gasteiger partial charge in [0.25, 0.3) is 5.56 Å². The van der Waals surface area contributed by atoms with Crippen molar-refractivity contribution in [2.75, 3.05) is 12.4 Å². The Morgan fingerprint density at radius 3 is 2.67 bits per heavy atom. The van der Waals surface area contributed by atoms with Crippen molar-refractivity contribution in [3.05, 3.63) is 33.1 Å². The zero-order valence-corrected chi connectivity index (χ0v) is 20.9. The number of aromatic nitrogens is 2. The monoisotopic (exact) mass is 509 g/mol. The second-order valence-corrected chi connectivity index (χ2v) is 12.6. The lowest BCUT2D eigenvalue weighted by atomic mass is 9.96. The summed E-state index contributed by atoms with van der Waals surface area (Å²) in [4.78, 5) is 37.6. The van der Waals surface area contributed by atoms with Crippen molar-refractivity contribution < 1.29 is 33.6 Å². The zero-order chi connectivity index (χ0) is 25.0. The van der Waals surface area contributed by atoms with Gasteiger partial charge in [-0.15, -0.1) is 0 Å². The number of carbonyl (C=O) groups is 1. The van der Waals surface area contributed by atoms with Crippen LogP contribution in [0.5, 0.6) is 0 Å². The van der Waals surface area contributed by atoms with Crippen molar-refractivity contribution in [3.8, 4) is 0 Å². The number of aromatic amines is 1. The third kappa shape index (κ3) is 7.01. The number of hydrogen-bond acceptors (Lipinski definition) is 10. The first-order chi connectivity index (χ1) is 15.3. The molecule has 2 rings (SSSR count). The van der Waals surface area contributed by atoms with Crippen LogP contribution in [0.15, 0.2) is 21.9 Å². The molecule has 188 valence electrons. The molecule has 12 nitrogen and oxygen atoms in total. The van der Waals surface area contributed by atoms with Crippen LogP contribution in [-0.2, 0) is 23.4 Å². The van der Waals surface area contributed by atoms with E-state index in [4.69, 9.17) is 14.0 Å². The fourth-order valence-electron chi connectivity index (χ4n) is 3.11. The molecular weight excluding hydrogens is 477 g/mol. The minimum absolute atomic E-state index is 0.345. The Morgan fingerprint density at radius 1 is 1.42 bits per heavy atom. The smallest absolute Gasteiger partial charge is 0.330 e. The number of aliphatic hydroxyl groups excluding tert-OH is 1. The number of ether oxygens (including phenoxy) is 2. The summed E-state index contributed by atoms with van der Waals surface area (Å²) < 4.78 is 30.7. The molecule has 1 aliphatic rings. The topological polar surface area (TPSA) is 169 Å². The molecule has 1 aromatic rings. The van der Waals surface area contributed by atoms with Gasteiger partial charge in [0.15, 0.2) is 6.23 Å². The van der Waals surface area contributed by atoms with Crippen molar-refractivity contribution in [2.24, 2.45) is 0 Å². The van der Waals surface area contributed by atoms with Gasteiger partial charge in [0.1, 0.15) is 23.9 Å². The predicted molar refractivity (Wildman–Crippen MR) is 122 cm³/mol. The van der Waals surface area contributed by atoms with E-state index in [9.17, 15) is 29.2 Å². The highest BCUT2D eigenvalue weighted by atomic mass is 32.7. The highest BCUT2D eigenvalue weighted by molar-refractivity contribution is 8.56. The van der Waals surface area contributed by atoms with E-state index in [2.05, 4.69) is 10.1 Å². The van der Waals surface area contributed by atoms with Gasteiger partial charge in [-0.1, -0.05) is 18.3 Å². The average molecular weight is 510 g/mol. The van der Waals surface area contributed by atoms with Gasteiger partial charge in [-0.3, -0.25) is 23.7 Å². The molecular formula is C19H32N3O9PS. The van der Waals surface area contributed by atoms with E-state index in [1.165, 1.54) is 13.8 Å². The normalized spacial score (nSPS) is 27.9. The second kappa shape index (κ2) is 11.3. The van der Waals surface area contributed by atoms with Gasteiger partial charge < -0.3 is 24.2 Å². The molecule has 0 saturated carbocycles. The van der Waals surface area contributed by atoms with E-state index in [1.54, 1.807) is 13.8 Å². The number of carbonyl (C=O) groups excluding carboxylic acids is 1. The van der Waals surface area contributed by atoms with Crippen LogP contribution in [-0.4, -0.2) is 68.0 Å². The highest BCUT2D eigenvalue weighted by Gasteiger charge is 2.54. The van der Waals surface area contributed by atoms with Gasteiger partial charge in [0.2, 0.25) is 0 Å². The molecule has 0 spiro atoms. The van der Waals surface area contributed by atoms with E-state index >= 15 is 0 Å². The van der Waals surface area contributed by atoms with Gasteiger partial charge in [0.05, 0.1) is 12.7 Å². The van der Waals surface area contributed by atoms with Crippen molar-refractivity contribution in [1.82, 2.24) is 14.6 Å². The molecule has 0 aromatic carbocycles. The molecule has 6 atom stereocenters. The van der Waals surface area contributed by atoms with Crippen LogP contribution < -0.4 is 16.3 Å². The largest absolute Gasteiger partial charge is 0.462 e. The minimum Gasteiger partial charge on any atom is -0.462 e. The Kier molecular flexibility index (Phi) is 9.51.